The zero-order valence-electron chi connectivity index (χ0n) is 27.6. The average Bonchev–Trinajstić information content (AvgIpc) is 3.60. The lowest BCUT2D eigenvalue weighted by molar-refractivity contribution is 1.31. The summed E-state index contributed by atoms with van der Waals surface area (Å²) in [7, 11) is 0. The van der Waals surface area contributed by atoms with Gasteiger partial charge in [-0.15, -0.1) is 0 Å². The summed E-state index contributed by atoms with van der Waals surface area (Å²) in [6.45, 7) is 0. The first-order valence-corrected chi connectivity index (χ1v) is 17.4. The Bertz CT molecular complexity index is 3190. The van der Waals surface area contributed by atoms with E-state index >= 15 is 0 Å². The molecule has 0 bridgehead atoms. The van der Waals surface area contributed by atoms with Crippen molar-refractivity contribution in [1.82, 2.24) is 14.4 Å². The maximum absolute atomic E-state index is 5.15. The van der Waals surface area contributed by atoms with Crippen LogP contribution in [0, 0.1) is 0 Å². The van der Waals surface area contributed by atoms with Crippen LogP contribution in [0.3, 0.4) is 0 Å². The quantitative estimate of drug-likeness (QED) is 0.179. The van der Waals surface area contributed by atoms with E-state index in [0.717, 1.165) is 49.7 Å². The van der Waals surface area contributed by atoms with Gasteiger partial charge in [-0.05, 0) is 92.3 Å². The zero-order chi connectivity index (χ0) is 33.5. The van der Waals surface area contributed by atoms with Crippen LogP contribution < -0.4 is 0 Å². The molecule has 0 amide bonds. The van der Waals surface area contributed by atoms with Crippen molar-refractivity contribution in [3.8, 4) is 33.5 Å². The number of hydrogen-bond acceptors (Lipinski definition) is 2. The van der Waals surface area contributed by atoms with E-state index in [-0.39, 0.29) is 0 Å². The molecule has 0 aliphatic heterocycles. The lowest BCUT2D eigenvalue weighted by Gasteiger charge is -2.13. The third kappa shape index (κ3) is 4.38. The summed E-state index contributed by atoms with van der Waals surface area (Å²) in [5.74, 6) is 0. The maximum Gasteiger partial charge on any atom is 0.146 e. The van der Waals surface area contributed by atoms with Gasteiger partial charge in [0, 0.05) is 27.1 Å². The van der Waals surface area contributed by atoms with Gasteiger partial charge in [-0.1, -0.05) is 127 Å². The molecule has 3 aromatic heterocycles. The summed E-state index contributed by atoms with van der Waals surface area (Å²) in [5.41, 5.74) is 12.1. The molecule has 8 aromatic carbocycles. The first-order valence-electron chi connectivity index (χ1n) is 17.4. The molecule has 0 saturated heterocycles. The first kappa shape index (κ1) is 28.0. The van der Waals surface area contributed by atoms with E-state index < -0.39 is 0 Å². The Labute approximate surface area is 293 Å². The van der Waals surface area contributed by atoms with Gasteiger partial charge in [-0.25, -0.2) is 9.97 Å². The maximum atomic E-state index is 5.15. The van der Waals surface area contributed by atoms with Crippen molar-refractivity contribution < 1.29 is 0 Å². The number of para-hydroxylation sites is 2. The molecule has 3 nitrogen and oxygen atoms in total. The second-order valence-corrected chi connectivity index (χ2v) is 13.4. The summed E-state index contributed by atoms with van der Waals surface area (Å²) in [6, 6.07) is 63.4. The fourth-order valence-corrected chi connectivity index (χ4v) is 7.94. The molecule has 0 N–H and O–H groups in total. The Balaban J connectivity index is 1.08. The van der Waals surface area contributed by atoms with Gasteiger partial charge in [0.15, 0.2) is 0 Å². The standard InChI is InChI=1S/C48H29N3/c1-2-9-35-27-36(20-15-30(35)7-1)38-21-24-40-41(28-38)42-29-37(23-26-45(42)51-46-12-6-5-11-44(46)50-48(40)51)31-13-17-33(18-14-31)43-25-22-34-19-16-32-8-3-4-10-39(32)47(34)49-43/h1-29H. The fraction of sp³-hybridized carbons (Fsp3) is 0. The van der Waals surface area contributed by atoms with Gasteiger partial charge in [0.25, 0.3) is 0 Å². The smallest absolute Gasteiger partial charge is 0.146 e. The van der Waals surface area contributed by atoms with Crippen molar-refractivity contribution in [3.05, 3.63) is 176 Å². The normalized spacial score (nSPS) is 11.9. The van der Waals surface area contributed by atoms with E-state index in [0.29, 0.717) is 0 Å². The minimum Gasteiger partial charge on any atom is -0.292 e. The Morgan fingerprint density at radius 3 is 1.88 bits per heavy atom. The minimum absolute atomic E-state index is 0.977. The van der Waals surface area contributed by atoms with Crippen LogP contribution in [0.2, 0.25) is 0 Å². The third-order valence-corrected chi connectivity index (χ3v) is 10.5. The van der Waals surface area contributed by atoms with Crippen molar-refractivity contribution >= 4 is 70.8 Å². The van der Waals surface area contributed by atoms with Crippen molar-refractivity contribution in [3.63, 3.8) is 0 Å². The number of benzene rings is 8. The molecular formula is C48H29N3. The van der Waals surface area contributed by atoms with Crippen molar-refractivity contribution in [2.24, 2.45) is 0 Å². The van der Waals surface area contributed by atoms with Gasteiger partial charge >= 0.3 is 0 Å². The molecule has 0 spiro atoms. The summed E-state index contributed by atoms with van der Waals surface area (Å²) >= 11 is 0. The predicted molar refractivity (Wildman–Crippen MR) is 214 cm³/mol. The molecule has 0 saturated carbocycles. The highest BCUT2D eigenvalue weighted by Crippen LogP contribution is 2.38. The second-order valence-electron chi connectivity index (χ2n) is 13.4. The number of pyridine rings is 2. The highest BCUT2D eigenvalue weighted by atomic mass is 15.0. The topological polar surface area (TPSA) is 30.2 Å². The molecule has 0 radical (unpaired) electrons. The van der Waals surface area contributed by atoms with Crippen molar-refractivity contribution in [1.29, 1.82) is 0 Å². The molecule has 51 heavy (non-hydrogen) atoms. The summed E-state index contributed by atoms with van der Waals surface area (Å²) in [4.78, 5) is 10.3. The highest BCUT2D eigenvalue weighted by Gasteiger charge is 2.16. The van der Waals surface area contributed by atoms with Gasteiger partial charge in [-0.3, -0.25) is 4.40 Å². The molecule has 0 aliphatic rings. The summed E-state index contributed by atoms with van der Waals surface area (Å²) < 4.78 is 2.32. The number of hydrogen-bond donors (Lipinski definition) is 0. The molecule has 3 heterocycles. The first-order chi connectivity index (χ1) is 25.2. The number of nitrogens with zero attached hydrogens (tertiary/aromatic N) is 3. The minimum atomic E-state index is 0.977. The molecular weight excluding hydrogens is 619 g/mol. The molecule has 0 fully saturated rings. The lowest BCUT2D eigenvalue weighted by Crippen LogP contribution is -1.93. The summed E-state index contributed by atoms with van der Waals surface area (Å²) in [6.07, 6.45) is 0. The van der Waals surface area contributed by atoms with Gasteiger partial charge in [0.2, 0.25) is 0 Å². The van der Waals surface area contributed by atoms with Crippen molar-refractivity contribution in [2.45, 2.75) is 0 Å². The van der Waals surface area contributed by atoms with E-state index in [1.54, 1.807) is 0 Å². The van der Waals surface area contributed by atoms with Crippen LogP contribution in [0.15, 0.2) is 176 Å². The Morgan fingerprint density at radius 2 is 0.961 bits per heavy atom. The number of aromatic nitrogens is 3. The van der Waals surface area contributed by atoms with Crippen LogP contribution in [0.1, 0.15) is 0 Å². The van der Waals surface area contributed by atoms with Crippen LogP contribution in [0.4, 0.5) is 0 Å². The zero-order valence-corrected chi connectivity index (χ0v) is 27.6. The Kier molecular flexibility index (Phi) is 5.96. The van der Waals surface area contributed by atoms with Crippen molar-refractivity contribution in [2.75, 3.05) is 0 Å². The fourth-order valence-electron chi connectivity index (χ4n) is 7.94. The van der Waals surface area contributed by atoms with E-state index in [1.807, 2.05) is 0 Å². The van der Waals surface area contributed by atoms with E-state index in [1.165, 1.54) is 54.6 Å². The molecule has 11 rings (SSSR count). The Hall–Kier alpha value is -6.84. The second kappa shape index (κ2) is 10.8. The van der Waals surface area contributed by atoms with Crippen LogP contribution in [0.5, 0.6) is 0 Å². The monoisotopic (exact) mass is 647 g/mol. The summed E-state index contributed by atoms with van der Waals surface area (Å²) in [5, 5.41) is 9.58. The molecule has 236 valence electrons. The molecule has 0 aliphatic carbocycles. The van der Waals surface area contributed by atoms with E-state index in [9.17, 15) is 0 Å². The van der Waals surface area contributed by atoms with Crippen LogP contribution in [-0.2, 0) is 0 Å². The predicted octanol–water partition coefficient (Wildman–Crippen LogP) is 12.6. The lowest BCUT2D eigenvalue weighted by atomic mass is 9.95. The van der Waals surface area contributed by atoms with E-state index in [2.05, 4.69) is 180 Å². The highest BCUT2D eigenvalue weighted by molar-refractivity contribution is 6.15. The van der Waals surface area contributed by atoms with Crippen LogP contribution >= 0.6 is 0 Å². The number of fused-ring (bicyclic) bond motifs is 12. The number of rotatable bonds is 3. The third-order valence-electron chi connectivity index (χ3n) is 10.5. The van der Waals surface area contributed by atoms with Crippen LogP contribution in [0.25, 0.3) is 104 Å². The van der Waals surface area contributed by atoms with Gasteiger partial charge < -0.3 is 0 Å². The largest absolute Gasteiger partial charge is 0.292 e. The van der Waals surface area contributed by atoms with Crippen LogP contribution in [-0.4, -0.2) is 14.4 Å². The molecule has 3 heteroatoms. The molecule has 0 atom stereocenters. The average molecular weight is 648 g/mol. The van der Waals surface area contributed by atoms with Gasteiger partial charge in [-0.2, -0.15) is 0 Å². The SMILES string of the molecule is c1ccc2cc(-c3ccc4c(c3)c3cc(-c5ccc(-c6ccc7ccc8ccccc8c7n6)cc5)ccc3n3c5ccccc5nc43)ccc2c1. The Morgan fingerprint density at radius 1 is 0.333 bits per heavy atom. The van der Waals surface area contributed by atoms with E-state index in [4.69, 9.17) is 9.97 Å². The van der Waals surface area contributed by atoms with Gasteiger partial charge in [0.05, 0.1) is 27.8 Å². The number of imidazole rings is 1. The molecule has 11 aromatic rings. The molecule has 0 unspecified atom stereocenters. The van der Waals surface area contributed by atoms with Gasteiger partial charge in [0.1, 0.15) is 5.65 Å².